The minimum absolute atomic E-state index is 0.0455. The van der Waals surface area contributed by atoms with Crippen molar-refractivity contribution in [1.82, 2.24) is 9.80 Å². The Balaban J connectivity index is 1.72. The Bertz CT molecular complexity index is 1160. The average molecular weight is 521 g/mol. The molecule has 0 saturated heterocycles. The van der Waals surface area contributed by atoms with Crippen molar-refractivity contribution < 1.29 is 19.4 Å². The second kappa shape index (κ2) is 14.4. The van der Waals surface area contributed by atoms with Crippen LogP contribution in [-0.4, -0.2) is 79.6 Å². The van der Waals surface area contributed by atoms with Gasteiger partial charge in [-0.15, -0.1) is 0 Å². The van der Waals surface area contributed by atoms with Gasteiger partial charge in [0, 0.05) is 43.8 Å². The van der Waals surface area contributed by atoms with E-state index in [9.17, 15) is 14.7 Å². The van der Waals surface area contributed by atoms with Crippen molar-refractivity contribution in [2.75, 3.05) is 46.9 Å². The number of aliphatic imine (C=N–C) groups is 1. The number of aliphatic hydroxyl groups is 1. The first-order valence-electron chi connectivity index (χ1n) is 13.3. The summed E-state index contributed by atoms with van der Waals surface area (Å²) in [6, 6.07) is 13.8. The molecule has 38 heavy (non-hydrogen) atoms. The summed E-state index contributed by atoms with van der Waals surface area (Å²) in [6.45, 7) is 4.52. The highest BCUT2D eigenvalue weighted by Crippen LogP contribution is 2.32. The van der Waals surface area contributed by atoms with E-state index in [0.29, 0.717) is 43.2 Å². The first kappa shape index (κ1) is 29.1. The van der Waals surface area contributed by atoms with Gasteiger partial charge in [-0.2, -0.15) is 0 Å². The number of amides is 1. The van der Waals surface area contributed by atoms with E-state index < -0.39 is 0 Å². The van der Waals surface area contributed by atoms with Crippen LogP contribution < -0.4 is 5.73 Å². The van der Waals surface area contributed by atoms with Crippen molar-refractivity contribution >= 4 is 29.5 Å². The Kier molecular flexibility index (Phi) is 11.1. The molecule has 204 valence electrons. The molecule has 1 aliphatic heterocycles. The van der Waals surface area contributed by atoms with Crippen LogP contribution in [0.15, 0.2) is 53.0 Å². The van der Waals surface area contributed by atoms with Crippen LogP contribution in [0.4, 0.5) is 5.69 Å². The molecule has 0 saturated carbocycles. The van der Waals surface area contributed by atoms with Gasteiger partial charge in [-0.3, -0.25) is 9.59 Å². The van der Waals surface area contributed by atoms with Gasteiger partial charge in [-0.05, 0) is 62.2 Å². The van der Waals surface area contributed by atoms with Gasteiger partial charge in [0.2, 0.25) is 5.91 Å². The van der Waals surface area contributed by atoms with E-state index in [2.05, 4.69) is 9.89 Å². The molecule has 3 N–H and O–H groups in total. The predicted octanol–water partition coefficient (Wildman–Crippen LogP) is 3.79. The average Bonchev–Trinajstić information content (AvgIpc) is 3.06. The third-order valence-corrected chi connectivity index (χ3v) is 6.29. The minimum Gasteiger partial charge on any atom is -0.465 e. The summed E-state index contributed by atoms with van der Waals surface area (Å²) >= 11 is 0. The highest BCUT2D eigenvalue weighted by atomic mass is 16.5. The van der Waals surface area contributed by atoms with Crippen molar-refractivity contribution in [3.63, 3.8) is 0 Å². The smallest absolute Gasteiger partial charge is 0.310 e. The van der Waals surface area contributed by atoms with Gasteiger partial charge in [0.25, 0.3) is 0 Å². The number of carbonyl (C=O) groups excluding carboxylic acids is 2. The van der Waals surface area contributed by atoms with E-state index in [1.807, 2.05) is 69.6 Å². The maximum atomic E-state index is 13.2. The number of esters is 1. The number of amidine groups is 1. The fourth-order valence-electron chi connectivity index (χ4n) is 4.36. The Labute approximate surface area is 225 Å². The van der Waals surface area contributed by atoms with E-state index in [1.165, 1.54) is 0 Å². The van der Waals surface area contributed by atoms with E-state index in [-0.39, 0.29) is 31.3 Å². The fourth-order valence-corrected chi connectivity index (χ4v) is 4.36. The molecular formula is C30H40N4O4. The molecule has 0 radical (unpaired) electrons. The van der Waals surface area contributed by atoms with Crippen LogP contribution in [0.25, 0.3) is 17.2 Å². The largest absolute Gasteiger partial charge is 0.465 e. The maximum absolute atomic E-state index is 13.2. The van der Waals surface area contributed by atoms with Crippen molar-refractivity contribution in [2.24, 2.45) is 10.7 Å². The predicted molar refractivity (Wildman–Crippen MR) is 152 cm³/mol. The summed E-state index contributed by atoms with van der Waals surface area (Å²) in [5.74, 6) is 0.0955. The van der Waals surface area contributed by atoms with Crippen LogP contribution in [0.5, 0.6) is 0 Å². The van der Waals surface area contributed by atoms with E-state index >= 15 is 0 Å². The molecule has 0 atom stereocenters. The highest BCUT2D eigenvalue weighted by molar-refractivity contribution is 6.05. The Hall–Kier alpha value is -3.49. The van der Waals surface area contributed by atoms with Crippen molar-refractivity contribution in [1.29, 1.82) is 0 Å². The summed E-state index contributed by atoms with van der Waals surface area (Å²) in [5, 5.41) is 9.21. The number of rotatable bonds is 13. The van der Waals surface area contributed by atoms with Crippen LogP contribution >= 0.6 is 0 Å². The minimum atomic E-state index is -0.225. The fraction of sp³-hybridized carbons (Fsp3) is 0.433. The van der Waals surface area contributed by atoms with Gasteiger partial charge in [0.15, 0.2) is 0 Å². The number of benzene rings is 2. The number of nitrogens with two attached hydrogens (primary N) is 1. The monoisotopic (exact) mass is 520 g/mol. The number of nitrogens with zero attached hydrogens (tertiary/aromatic N) is 3. The number of hydrogen-bond acceptors (Lipinski definition) is 7. The molecule has 1 heterocycles. The zero-order valence-electron chi connectivity index (χ0n) is 22.8. The third-order valence-electron chi connectivity index (χ3n) is 6.29. The van der Waals surface area contributed by atoms with Gasteiger partial charge in [0.05, 0.1) is 18.7 Å². The zero-order valence-corrected chi connectivity index (χ0v) is 22.8. The number of fused-ring (bicyclic) bond motifs is 1. The van der Waals surface area contributed by atoms with Crippen LogP contribution in [0.1, 0.15) is 43.7 Å². The lowest BCUT2D eigenvalue weighted by atomic mass is 9.99. The molecule has 3 rings (SSSR count). The first-order valence-corrected chi connectivity index (χ1v) is 13.3. The standard InChI is InChI=1S/C30H40N4O4/c1-4-13-34(15-5-16-35)30(37)26-19-25-12-11-24(20-27(25)32-28(31)21-26)23-9-7-22(8-10-23)18-29(36)38-17-6-14-33(2)3/h7-12,19-20,35H,4-6,13-18,21H2,1-3H3,(H2,31,32). The molecule has 0 spiro atoms. The molecule has 0 unspecified atom stereocenters. The van der Waals surface area contributed by atoms with Crippen molar-refractivity contribution in [3.05, 3.63) is 59.2 Å². The molecular weight excluding hydrogens is 480 g/mol. The topological polar surface area (TPSA) is 108 Å². The molecule has 8 nitrogen and oxygen atoms in total. The molecule has 0 aliphatic carbocycles. The number of hydrogen-bond donors (Lipinski definition) is 2. The van der Waals surface area contributed by atoms with E-state index in [0.717, 1.165) is 41.6 Å². The molecule has 1 aliphatic rings. The summed E-state index contributed by atoms with van der Waals surface area (Å²) in [5.41, 5.74) is 11.2. The SMILES string of the molecule is CCCN(CCCO)C(=O)C1=Cc2ccc(-c3ccc(CC(=O)OCCCN(C)C)cc3)cc2N=C(N)C1. The van der Waals surface area contributed by atoms with Gasteiger partial charge in [0.1, 0.15) is 5.84 Å². The van der Waals surface area contributed by atoms with Crippen LogP contribution in [0, 0.1) is 0 Å². The van der Waals surface area contributed by atoms with E-state index in [4.69, 9.17) is 10.5 Å². The second-order valence-corrected chi connectivity index (χ2v) is 9.84. The molecule has 8 heteroatoms. The Morgan fingerprint density at radius 1 is 1.03 bits per heavy atom. The van der Waals surface area contributed by atoms with E-state index in [1.54, 1.807) is 4.90 Å². The Morgan fingerprint density at radius 3 is 2.45 bits per heavy atom. The Morgan fingerprint density at radius 2 is 1.76 bits per heavy atom. The lowest BCUT2D eigenvalue weighted by Gasteiger charge is -2.23. The first-order chi connectivity index (χ1) is 18.3. The normalized spacial score (nSPS) is 12.9. The number of carbonyl (C=O) groups is 2. The van der Waals surface area contributed by atoms with Crippen LogP contribution in [-0.2, 0) is 20.7 Å². The van der Waals surface area contributed by atoms with Crippen LogP contribution in [0.2, 0.25) is 0 Å². The van der Waals surface area contributed by atoms with Crippen LogP contribution in [0.3, 0.4) is 0 Å². The summed E-state index contributed by atoms with van der Waals surface area (Å²) in [6.07, 6.45) is 4.59. The maximum Gasteiger partial charge on any atom is 0.310 e. The van der Waals surface area contributed by atoms with Crippen molar-refractivity contribution in [3.8, 4) is 11.1 Å². The highest BCUT2D eigenvalue weighted by Gasteiger charge is 2.21. The molecule has 2 aromatic carbocycles. The zero-order chi connectivity index (χ0) is 27.5. The number of ether oxygens (including phenoxy) is 1. The quantitative estimate of drug-likeness (QED) is 0.307. The lowest BCUT2D eigenvalue weighted by Crippen LogP contribution is -2.35. The molecule has 2 aromatic rings. The second-order valence-electron chi connectivity index (χ2n) is 9.84. The molecule has 0 aromatic heterocycles. The van der Waals surface area contributed by atoms with Gasteiger partial charge in [-0.25, -0.2) is 4.99 Å². The lowest BCUT2D eigenvalue weighted by molar-refractivity contribution is -0.143. The molecule has 0 bridgehead atoms. The summed E-state index contributed by atoms with van der Waals surface area (Å²) in [7, 11) is 3.99. The van der Waals surface area contributed by atoms with Gasteiger partial charge < -0.3 is 25.4 Å². The number of aliphatic hydroxyl groups excluding tert-OH is 1. The summed E-state index contributed by atoms with van der Waals surface area (Å²) in [4.78, 5) is 33.8. The van der Waals surface area contributed by atoms with Gasteiger partial charge >= 0.3 is 5.97 Å². The molecule has 0 fully saturated rings. The molecule has 1 amide bonds. The summed E-state index contributed by atoms with van der Waals surface area (Å²) < 4.78 is 5.33. The van der Waals surface area contributed by atoms with Crippen molar-refractivity contribution in [2.45, 2.75) is 39.0 Å². The van der Waals surface area contributed by atoms with Gasteiger partial charge in [-0.1, -0.05) is 43.3 Å². The third kappa shape index (κ3) is 8.53.